The number of halogens is 1. The Balaban J connectivity index is 2.45. The van der Waals surface area contributed by atoms with Crippen molar-refractivity contribution < 1.29 is 14.1 Å². The van der Waals surface area contributed by atoms with Crippen LogP contribution in [0, 0.1) is 18.3 Å². The third kappa shape index (κ3) is 3.89. The van der Waals surface area contributed by atoms with E-state index in [0.29, 0.717) is 26.7 Å². The van der Waals surface area contributed by atoms with Gasteiger partial charge in [0.05, 0.1) is 22.2 Å². The second-order valence-electron chi connectivity index (χ2n) is 4.70. The summed E-state index contributed by atoms with van der Waals surface area (Å²) in [5, 5.41) is 18.4. The molecule has 0 aromatic heterocycles. The van der Waals surface area contributed by atoms with Crippen LogP contribution in [0.3, 0.4) is 0 Å². The number of carbonyl (C=O) groups is 1. The van der Waals surface area contributed by atoms with Crippen LogP contribution in [0.2, 0.25) is 5.02 Å². The summed E-state index contributed by atoms with van der Waals surface area (Å²) >= 11 is 6.08. The molecule has 0 amide bonds. The Morgan fingerprint density at radius 3 is 2.52 bits per heavy atom. The molecular weight excluding hydrogens is 336 g/mol. The van der Waals surface area contributed by atoms with Crippen molar-refractivity contribution in [3.63, 3.8) is 0 Å². The lowest BCUT2D eigenvalue weighted by Crippen LogP contribution is -2.32. The lowest BCUT2D eigenvalue weighted by Gasteiger charge is -2.23. The van der Waals surface area contributed by atoms with Crippen LogP contribution in [0.25, 0.3) is 0 Å². The molecular formula is C16H13ClN2O3S. The number of benzene rings is 2. The fourth-order valence-corrected chi connectivity index (χ4v) is 3.39. The molecule has 0 spiro atoms. The van der Waals surface area contributed by atoms with Crippen LogP contribution in [-0.2, 0) is 15.8 Å². The van der Waals surface area contributed by atoms with Crippen molar-refractivity contribution in [3.8, 4) is 6.07 Å². The number of rotatable bonds is 5. The molecule has 0 radical (unpaired) electrons. The van der Waals surface area contributed by atoms with Crippen LogP contribution in [0.15, 0.2) is 47.4 Å². The monoisotopic (exact) mass is 348 g/mol. The van der Waals surface area contributed by atoms with E-state index in [9.17, 15) is 9.00 Å². The van der Waals surface area contributed by atoms with Crippen molar-refractivity contribution in [2.24, 2.45) is 0 Å². The normalized spacial score (nSPS) is 11.5. The highest BCUT2D eigenvalue weighted by atomic mass is 35.5. The quantitative estimate of drug-likeness (QED) is 0.900. The molecule has 5 nitrogen and oxygen atoms in total. The molecule has 2 aromatic rings. The smallest absolute Gasteiger partial charge is 0.324 e. The second kappa shape index (κ2) is 7.27. The minimum Gasteiger partial charge on any atom is -0.480 e. The Morgan fingerprint density at radius 1 is 1.30 bits per heavy atom. The van der Waals surface area contributed by atoms with Gasteiger partial charge < -0.3 is 5.11 Å². The van der Waals surface area contributed by atoms with Crippen molar-refractivity contribution in [2.45, 2.75) is 11.8 Å². The van der Waals surface area contributed by atoms with Crippen molar-refractivity contribution in [1.29, 1.82) is 5.26 Å². The maximum absolute atomic E-state index is 12.8. The van der Waals surface area contributed by atoms with E-state index in [1.54, 1.807) is 37.3 Å². The van der Waals surface area contributed by atoms with Crippen molar-refractivity contribution in [3.05, 3.63) is 58.6 Å². The van der Waals surface area contributed by atoms with Gasteiger partial charge in [-0.1, -0.05) is 17.7 Å². The van der Waals surface area contributed by atoms with E-state index in [4.69, 9.17) is 22.0 Å². The van der Waals surface area contributed by atoms with Gasteiger partial charge in [0.1, 0.15) is 6.54 Å². The number of anilines is 1. The topological polar surface area (TPSA) is 81.4 Å². The second-order valence-corrected chi connectivity index (χ2v) is 6.52. The van der Waals surface area contributed by atoms with Gasteiger partial charge in [0.15, 0.2) is 11.0 Å². The molecule has 7 heteroatoms. The minimum absolute atomic E-state index is 0.407. The number of aliphatic carboxylic acids is 1. The first kappa shape index (κ1) is 17.0. The molecule has 0 aliphatic rings. The van der Waals surface area contributed by atoms with E-state index in [2.05, 4.69) is 0 Å². The van der Waals surface area contributed by atoms with Crippen LogP contribution in [-0.4, -0.2) is 21.8 Å². The van der Waals surface area contributed by atoms with E-state index >= 15 is 0 Å². The zero-order chi connectivity index (χ0) is 17.0. The van der Waals surface area contributed by atoms with Crippen molar-refractivity contribution in [2.75, 3.05) is 10.8 Å². The molecule has 0 heterocycles. The predicted molar refractivity (Wildman–Crippen MR) is 88.7 cm³/mol. The first-order chi connectivity index (χ1) is 10.9. The summed E-state index contributed by atoms with van der Waals surface area (Å²) in [6.07, 6.45) is 0. The van der Waals surface area contributed by atoms with Gasteiger partial charge in [-0.05, 0) is 48.9 Å². The molecule has 1 unspecified atom stereocenters. The van der Waals surface area contributed by atoms with Gasteiger partial charge in [0, 0.05) is 5.02 Å². The number of hydrogen-bond acceptors (Lipinski definition) is 3. The number of nitrogens with zero attached hydrogens (tertiary/aromatic N) is 2. The molecule has 2 rings (SSSR count). The SMILES string of the molecule is Cc1c(Cl)cccc1N(CC(=O)O)S(=O)c1ccc(C#N)cc1. The number of hydrogen-bond donors (Lipinski definition) is 1. The summed E-state index contributed by atoms with van der Waals surface area (Å²) in [5.41, 5.74) is 1.58. The fraction of sp³-hybridized carbons (Fsp3) is 0.125. The Hall–Kier alpha value is -2.36. The fourth-order valence-electron chi connectivity index (χ4n) is 2.00. The number of carboxylic acids is 1. The largest absolute Gasteiger partial charge is 0.480 e. The molecule has 0 saturated carbocycles. The van der Waals surface area contributed by atoms with Gasteiger partial charge in [-0.2, -0.15) is 5.26 Å². The Labute approximate surface area is 141 Å². The van der Waals surface area contributed by atoms with Gasteiger partial charge in [-0.25, -0.2) is 4.21 Å². The zero-order valence-corrected chi connectivity index (χ0v) is 13.8. The summed E-state index contributed by atoms with van der Waals surface area (Å²) in [7, 11) is -1.74. The Bertz CT molecular complexity index is 800. The summed E-state index contributed by atoms with van der Waals surface area (Å²) in [6, 6.07) is 13.2. The molecule has 23 heavy (non-hydrogen) atoms. The first-order valence-corrected chi connectivity index (χ1v) is 8.09. The summed E-state index contributed by atoms with van der Waals surface area (Å²) in [5.74, 6) is -1.11. The molecule has 0 fully saturated rings. The van der Waals surface area contributed by atoms with Crippen LogP contribution in [0.4, 0.5) is 5.69 Å². The number of carboxylic acid groups (broad SMARTS) is 1. The van der Waals surface area contributed by atoms with Crippen molar-refractivity contribution >= 4 is 34.2 Å². The highest BCUT2D eigenvalue weighted by molar-refractivity contribution is 7.86. The lowest BCUT2D eigenvalue weighted by atomic mass is 10.2. The molecule has 0 aliphatic carbocycles. The third-order valence-electron chi connectivity index (χ3n) is 3.17. The van der Waals surface area contributed by atoms with Crippen molar-refractivity contribution in [1.82, 2.24) is 0 Å². The Kier molecular flexibility index (Phi) is 5.37. The van der Waals surface area contributed by atoms with E-state index in [-0.39, 0.29) is 0 Å². The number of nitriles is 1. The van der Waals surface area contributed by atoms with Crippen LogP contribution < -0.4 is 4.31 Å². The van der Waals surface area contributed by atoms with E-state index in [0.717, 1.165) is 0 Å². The van der Waals surface area contributed by atoms with E-state index < -0.39 is 23.5 Å². The molecule has 2 aromatic carbocycles. The van der Waals surface area contributed by atoms with Gasteiger partial charge in [-0.15, -0.1) is 0 Å². The molecule has 118 valence electrons. The molecule has 1 N–H and O–H groups in total. The molecule has 0 saturated heterocycles. The molecule has 0 aliphatic heterocycles. The third-order valence-corrected chi connectivity index (χ3v) is 4.98. The minimum atomic E-state index is -1.74. The summed E-state index contributed by atoms with van der Waals surface area (Å²) < 4.78 is 14.1. The average molecular weight is 349 g/mol. The predicted octanol–water partition coefficient (Wildman–Crippen LogP) is 3.13. The first-order valence-electron chi connectivity index (χ1n) is 6.60. The molecule has 0 bridgehead atoms. The van der Waals surface area contributed by atoms with E-state index in [1.807, 2.05) is 6.07 Å². The molecule has 1 atom stereocenters. The summed E-state index contributed by atoms with van der Waals surface area (Å²) in [4.78, 5) is 11.6. The average Bonchev–Trinajstić information content (AvgIpc) is 2.55. The highest BCUT2D eigenvalue weighted by Gasteiger charge is 2.21. The van der Waals surface area contributed by atoms with Crippen LogP contribution in [0.1, 0.15) is 11.1 Å². The Morgan fingerprint density at radius 2 is 1.96 bits per heavy atom. The van der Waals surface area contributed by atoms with Crippen LogP contribution in [0.5, 0.6) is 0 Å². The summed E-state index contributed by atoms with van der Waals surface area (Å²) in [6.45, 7) is 1.30. The van der Waals surface area contributed by atoms with Gasteiger partial charge in [0.2, 0.25) is 0 Å². The van der Waals surface area contributed by atoms with E-state index in [1.165, 1.54) is 16.4 Å². The maximum atomic E-state index is 12.8. The van der Waals surface area contributed by atoms with Crippen LogP contribution >= 0.6 is 11.6 Å². The zero-order valence-electron chi connectivity index (χ0n) is 12.2. The van der Waals surface area contributed by atoms with Gasteiger partial charge in [0.25, 0.3) is 0 Å². The lowest BCUT2D eigenvalue weighted by molar-refractivity contribution is -0.135. The van der Waals surface area contributed by atoms with Gasteiger partial charge >= 0.3 is 5.97 Å². The highest BCUT2D eigenvalue weighted by Crippen LogP contribution is 2.29. The maximum Gasteiger partial charge on any atom is 0.324 e. The van der Waals surface area contributed by atoms with Gasteiger partial charge in [-0.3, -0.25) is 9.10 Å². The standard InChI is InChI=1S/C16H13ClN2O3S/c1-11-14(17)3-2-4-15(11)19(10-16(20)21)23(22)13-7-5-12(9-18)6-8-13/h2-8H,10H2,1H3,(H,20,21).